The molecule has 1 aromatic carbocycles. The number of hydrogen-bond acceptors (Lipinski definition) is 4. The lowest BCUT2D eigenvalue weighted by Gasteiger charge is -2.39. The van der Waals surface area contributed by atoms with Gasteiger partial charge in [0.1, 0.15) is 23.6 Å². The topological polar surface area (TPSA) is 40.2 Å². The Balaban J connectivity index is 1.61. The molecule has 0 amide bonds. The van der Waals surface area contributed by atoms with E-state index in [1.807, 2.05) is 0 Å². The van der Waals surface area contributed by atoms with Crippen molar-refractivity contribution in [1.82, 2.24) is 0 Å². The van der Waals surface area contributed by atoms with Gasteiger partial charge >= 0.3 is 0 Å². The van der Waals surface area contributed by atoms with Crippen LogP contribution in [0.15, 0.2) is 12.1 Å². The van der Waals surface area contributed by atoms with E-state index in [9.17, 15) is 8.78 Å². The summed E-state index contributed by atoms with van der Waals surface area (Å²) in [6.45, 7) is 1.32. The van der Waals surface area contributed by atoms with Crippen LogP contribution in [0.1, 0.15) is 24.8 Å². The fraction of sp³-hybridized carbons (Fsp3) is 0.600. The second-order valence-electron chi connectivity index (χ2n) is 6.23. The third kappa shape index (κ3) is 1.34. The van der Waals surface area contributed by atoms with Gasteiger partial charge in [-0.15, -0.1) is 0 Å². The summed E-state index contributed by atoms with van der Waals surface area (Å²) < 4.78 is 51.1. The van der Waals surface area contributed by atoms with Crippen LogP contribution in [0.3, 0.4) is 0 Å². The molecule has 0 bridgehead atoms. The number of fused-ring (bicyclic) bond motifs is 1. The summed E-state index contributed by atoms with van der Waals surface area (Å²) in [7, 11) is 0. The lowest BCUT2D eigenvalue weighted by molar-refractivity contribution is -0.187. The van der Waals surface area contributed by atoms with Crippen molar-refractivity contribution in [1.29, 1.82) is 0 Å². The monoisotopic (exact) mass is 296 g/mol. The van der Waals surface area contributed by atoms with Crippen LogP contribution in [0.25, 0.3) is 0 Å². The first-order valence-corrected chi connectivity index (χ1v) is 7.19. The largest absolute Gasteiger partial charge is 0.487 e. The lowest BCUT2D eigenvalue weighted by atomic mass is 9.71. The standard InChI is InChI=1S/C15H14F2O4/c16-9-1-2-10(17)12-11(9)15-4-3-14(19-5-6-20-14)7-13(15,21-15)8-18-12/h1-2H,3-8H2. The molecule has 1 aromatic rings. The van der Waals surface area contributed by atoms with E-state index in [2.05, 4.69) is 0 Å². The molecule has 1 aliphatic carbocycles. The van der Waals surface area contributed by atoms with Crippen LogP contribution < -0.4 is 4.74 Å². The van der Waals surface area contributed by atoms with Crippen LogP contribution in [0.2, 0.25) is 0 Å². The van der Waals surface area contributed by atoms with Crippen LogP contribution in [0.5, 0.6) is 5.75 Å². The van der Waals surface area contributed by atoms with Gasteiger partial charge in [0.25, 0.3) is 0 Å². The Bertz CT molecular complexity index is 643. The zero-order valence-electron chi connectivity index (χ0n) is 11.3. The average molecular weight is 296 g/mol. The van der Waals surface area contributed by atoms with Crippen LogP contribution in [0.4, 0.5) is 8.78 Å². The summed E-state index contributed by atoms with van der Waals surface area (Å²) in [5.41, 5.74) is -1.22. The van der Waals surface area contributed by atoms with Gasteiger partial charge in [-0.25, -0.2) is 8.78 Å². The number of ether oxygens (including phenoxy) is 4. The zero-order valence-corrected chi connectivity index (χ0v) is 11.3. The maximum atomic E-state index is 14.3. The van der Waals surface area contributed by atoms with Crippen molar-refractivity contribution in [2.45, 2.75) is 36.3 Å². The first-order valence-electron chi connectivity index (χ1n) is 7.19. The van der Waals surface area contributed by atoms with E-state index < -0.39 is 28.6 Å². The molecule has 3 aliphatic heterocycles. The second kappa shape index (κ2) is 3.56. The van der Waals surface area contributed by atoms with Crippen LogP contribution in [-0.4, -0.2) is 31.2 Å². The molecular formula is C15H14F2O4. The molecular weight excluding hydrogens is 282 g/mol. The predicted octanol–water partition coefficient (Wildman–Crippen LogP) is 2.25. The summed E-state index contributed by atoms with van der Waals surface area (Å²) >= 11 is 0. The normalized spacial score (nSPS) is 38.4. The van der Waals surface area contributed by atoms with Gasteiger partial charge in [-0.05, 0) is 18.6 Å². The molecule has 1 spiro atoms. The van der Waals surface area contributed by atoms with E-state index in [-0.39, 0.29) is 17.9 Å². The van der Waals surface area contributed by atoms with Crippen LogP contribution in [-0.2, 0) is 19.8 Å². The minimum atomic E-state index is -0.784. The molecule has 0 aromatic heterocycles. The highest BCUT2D eigenvalue weighted by Crippen LogP contribution is 2.70. The molecule has 3 fully saturated rings. The van der Waals surface area contributed by atoms with Crippen molar-refractivity contribution in [3.05, 3.63) is 29.3 Å². The molecule has 2 unspecified atom stereocenters. The van der Waals surface area contributed by atoms with Crippen molar-refractivity contribution in [3.63, 3.8) is 0 Å². The molecule has 21 heavy (non-hydrogen) atoms. The molecule has 1 saturated carbocycles. The minimum absolute atomic E-state index is 0.00710. The van der Waals surface area contributed by atoms with Crippen LogP contribution >= 0.6 is 0 Å². The smallest absolute Gasteiger partial charge is 0.171 e. The molecule has 3 heterocycles. The Morgan fingerprint density at radius 3 is 2.57 bits per heavy atom. The molecule has 2 atom stereocenters. The highest BCUT2D eigenvalue weighted by atomic mass is 19.1. The van der Waals surface area contributed by atoms with Gasteiger partial charge in [0, 0.05) is 12.8 Å². The van der Waals surface area contributed by atoms with Gasteiger partial charge in [0.15, 0.2) is 17.4 Å². The van der Waals surface area contributed by atoms with Gasteiger partial charge in [0.2, 0.25) is 0 Å². The van der Waals surface area contributed by atoms with E-state index in [0.717, 1.165) is 12.1 Å². The highest BCUT2D eigenvalue weighted by Gasteiger charge is 2.79. The van der Waals surface area contributed by atoms with Gasteiger partial charge in [-0.1, -0.05) is 0 Å². The molecule has 4 nitrogen and oxygen atoms in total. The van der Waals surface area contributed by atoms with Gasteiger partial charge < -0.3 is 18.9 Å². The van der Waals surface area contributed by atoms with Crippen molar-refractivity contribution in [3.8, 4) is 5.75 Å². The molecule has 0 radical (unpaired) electrons. The van der Waals surface area contributed by atoms with Crippen molar-refractivity contribution in [2.24, 2.45) is 0 Å². The first-order chi connectivity index (χ1) is 10.1. The maximum Gasteiger partial charge on any atom is 0.171 e. The summed E-state index contributed by atoms with van der Waals surface area (Å²) in [6.07, 6.45) is 1.66. The van der Waals surface area contributed by atoms with E-state index in [1.165, 1.54) is 0 Å². The molecule has 6 heteroatoms. The van der Waals surface area contributed by atoms with E-state index in [4.69, 9.17) is 18.9 Å². The SMILES string of the molecule is Fc1ccc(F)c2c1OCC13CC4(CCC21O3)OCCO4. The Morgan fingerprint density at radius 2 is 1.76 bits per heavy atom. The zero-order chi connectivity index (χ0) is 14.3. The summed E-state index contributed by atoms with van der Waals surface area (Å²) in [4.78, 5) is 0. The Hall–Kier alpha value is -1.24. The quantitative estimate of drug-likeness (QED) is 0.689. The number of epoxide rings is 1. The average Bonchev–Trinajstić information content (AvgIpc) is 2.96. The summed E-state index contributed by atoms with van der Waals surface area (Å²) in [6, 6.07) is 2.23. The van der Waals surface area contributed by atoms with Crippen molar-refractivity contribution in [2.75, 3.05) is 19.8 Å². The summed E-state index contributed by atoms with van der Waals surface area (Å²) in [5.74, 6) is -1.67. The summed E-state index contributed by atoms with van der Waals surface area (Å²) in [5, 5.41) is 0. The lowest BCUT2D eigenvalue weighted by Crippen LogP contribution is -2.49. The van der Waals surface area contributed by atoms with Crippen molar-refractivity contribution >= 4 is 0 Å². The van der Waals surface area contributed by atoms with E-state index >= 15 is 0 Å². The third-order valence-corrected chi connectivity index (χ3v) is 5.20. The Morgan fingerprint density at radius 1 is 1.00 bits per heavy atom. The maximum absolute atomic E-state index is 14.3. The van der Waals surface area contributed by atoms with Crippen LogP contribution in [0, 0.1) is 11.6 Å². The number of benzene rings is 1. The van der Waals surface area contributed by atoms with Crippen molar-refractivity contribution < 1.29 is 27.7 Å². The van der Waals surface area contributed by atoms with Gasteiger partial charge in [-0.3, -0.25) is 0 Å². The molecule has 112 valence electrons. The Labute approximate surface area is 119 Å². The minimum Gasteiger partial charge on any atom is -0.487 e. The number of rotatable bonds is 0. The van der Waals surface area contributed by atoms with Gasteiger partial charge in [0.05, 0.1) is 18.8 Å². The molecule has 4 aliphatic rings. The first kappa shape index (κ1) is 12.3. The van der Waals surface area contributed by atoms with E-state index in [1.54, 1.807) is 0 Å². The van der Waals surface area contributed by atoms with Gasteiger partial charge in [-0.2, -0.15) is 0 Å². The Kier molecular flexibility index (Phi) is 2.09. The predicted molar refractivity (Wildman–Crippen MR) is 65.8 cm³/mol. The fourth-order valence-electron chi connectivity index (χ4n) is 4.24. The van der Waals surface area contributed by atoms with E-state index in [0.29, 0.717) is 32.5 Å². The fourth-order valence-corrected chi connectivity index (χ4v) is 4.24. The molecule has 5 rings (SSSR count). The third-order valence-electron chi connectivity index (χ3n) is 5.20. The molecule has 0 N–H and O–H groups in total. The number of hydrogen-bond donors (Lipinski definition) is 0. The number of halogens is 2. The second-order valence-corrected chi connectivity index (χ2v) is 6.23. The molecule has 2 saturated heterocycles. The highest BCUT2D eigenvalue weighted by molar-refractivity contribution is 5.50.